The fourth-order valence-electron chi connectivity index (χ4n) is 1.69. The van der Waals surface area contributed by atoms with Crippen LogP contribution in [0.25, 0.3) is 0 Å². The number of hydrogen-bond acceptors (Lipinski definition) is 3. The average molecular weight is 223 g/mol. The van der Waals surface area contributed by atoms with Gasteiger partial charge in [-0.05, 0) is 25.5 Å². The van der Waals surface area contributed by atoms with Gasteiger partial charge in [-0.1, -0.05) is 20.3 Å². The molecule has 0 saturated heterocycles. The van der Waals surface area contributed by atoms with Crippen molar-refractivity contribution in [1.82, 2.24) is 15.1 Å². The number of hydrogen-bond donors (Lipinski definition) is 1. The maximum Gasteiger partial charge on any atom is 0.267 e. The Morgan fingerprint density at radius 3 is 2.75 bits per heavy atom. The summed E-state index contributed by atoms with van der Waals surface area (Å²) in [5.74, 6) is 0.528. The van der Waals surface area contributed by atoms with Gasteiger partial charge in [-0.15, -0.1) is 0 Å². The third-order valence-electron chi connectivity index (χ3n) is 3.08. The minimum atomic E-state index is -0.0245. The summed E-state index contributed by atoms with van der Waals surface area (Å²) in [7, 11) is 1.93. The number of nitrogens with one attached hydrogen (secondary N) is 1. The second-order valence-electron chi connectivity index (χ2n) is 4.33. The fourth-order valence-corrected chi connectivity index (χ4v) is 1.69. The highest BCUT2D eigenvalue weighted by molar-refractivity contribution is 5.02. The van der Waals surface area contributed by atoms with Gasteiger partial charge in [0.05, 0.1) is 12.7 Å². The predicted molar refractivity (Wildman–Crippen MR) is 65.5 cm³/mol. The van der Waals surface area contributed by atoms with Crippen LogP contribution in [0.3, 0.4) is 0 Å². The van der Waals surface area contributed by atoms with E-state index < -0.39 is 0 Å². The molecule has 1 aromatic rings. The topological polar surface area (TPSA) is 46.9 Å². The van der Waals surface area contributed by atoms with Gasteiger partial charge in [-0.25, -0.2) is 4.68 Å². The van der Waals surface area contributed by atoms with E-state index in [2.05, 4.69) is 24.3 Å². The molecule has 0 saturated carbocycles. The lowest BCUT2D eigenvalue weighted by Gasteiger charge is -2.22. The van der Waals surface area contributed by atoms with Crippen molar-refractivity contribution in [3.63, 3.8) is 0 Å². The Kier molecular flexibility index (Phi) is 4.68. The van der Waals surface area contributed by atoms with Gasteiger partial charge >= 0.3 is 0 Å². The van der Waals surface area contributed by atoms with Crippen molar-refractivity contribution >= 4 is 0 Å². The van der Waals surface area contributed by atoms with E-state index in [9.17, 15) is 4.79 Å². The summed E-state index contributed by atoms with van der Waals surface area (Å²) in [5.41, 5.74) is 0.884. The van der Waals surface area contributed by atoms with Crippen molar-refractivity contribution in [2.45, 2.75) is 39.8 Å². The average Bonchev–Trinajstić information content (AvgIpc) is 2.27. The maximum absolute atomic E-state index is 11.7. The second-order valence-corrected chi connectivity index (χ2v) is 4.33. The molecule has 2 unspecified atom stereocenters. The number of aryl methyl sites for hydroxylation is 1. The van der Waals surface area contributed by atoms with E-state index in [4.69, 9.17) is 0 Å². The highest BCUT2D eigenvalue weighted by atomic mass is 16.1. The lowest BCUT2D eigenvalue weighted by atomic mass is 9.99. The molecule has 0 spiro atoms. The molecule has 4 nitrogen and oxygen atoms in total. The summed E-state index contributed by atoms with van der Waals surface area (Å²) in [5, 5.41) is 7.39. The first kappa shape index (κ1) is 12.9. The van der Waals surface area contributed by atoms with Crippen LogP contribution in [0.4, 0.5) is 0 Å². The fraction of sp³-hybridized carbons (Fsp3) is 0.667. The predicted octanol–water partition coefficient (Wildman–Crippen LogP) is 1.19. The highest BCUT2D eigenvalue weighted by Crippen LogP contribution is 2.08. The van der Waals surface area contributed by atoms with Crippen molar-refractivity contribution in [2.24, 2.45) is 5.92 Å². The monoisotopic (exact) mass is 223 g/mol. The zero-order chi connectivity index (χ0) is 12.1. The Morgan fingerprint density at radius 2 is 2.25 bits per heavy atom. The van der Waals surface area contributed by atoms with Crippen LogP contribution in [0, 0.1) is 12.8 Å². The van der Waals surface area contributed by atoms with Crippen LogP contribution in [0.1, 0.15) is 25.8 Å². The smallest absolute Gasteiger partial charge is 0.267 e. The molecule has 4 heteroatoms. The van der Waals surface area contributed by atoms with E-state index in [0.717, 1.165) is 12.0 Å². The molecule has 0 radical (unpaired) electrons. The summed E-state index contributed by atoms with van der Waals surface area (Å²) in [4.78, 5) is 11.7. The van der Waals surface area contributed by atoms with Crippen LogP contribution in [0.15, 0.2) is 17.1 Å². The normalized spacial score (nSPS) is 14.8. The molecular weight excluding hydrogens is 202 g/mol. The minimum Gasteiger partial charge on any atom is -0.315 e. The molecule has 0 aromatic carbocycles. The van der Waals surface area contributed by atoms with Crippen LogP contribution in [-0.2, 0) is 6.54 Å². The van der Waals surface area contributed by atoms with E-state index in [1.165, 1.54) is 4.68 Å². The van der Waals surface area contributed by atoms with Crippen molar-refractivity contribution in [2.75, 3.05) is 7.05 Å². The van der Waals surface area contributed by atoms with E-state index >= 15 is 0 Å². The third-order valence-corrected chi connectivity index (χ3v) is 3.08. The van der Waals surface area contributed by atoms with Gasteiger partial charge in [0.2, 0.25) is 0 Å². The van der Waals surface area contributed by atoms with E-state index in [0.29, 0.717) is 12.5 Å². The molecule has 1 heterocycles. The first-order valence-electron chi connectivity index (χ1n) is 5.79. The van der Waals surface area contributed by atoms with Crippen molar-refractivity contribution in [1.29, 1.82) is 0 Å². The first-order valence-corrected chi connectivity index (χ1v) is 5.79. The maximum atomic E-state index is 11.7. The molecule has 1 N–H and O–H groups in total. The lowest BCUT2D eigenvalue weighted by molar-refractivity contribution is 0.329. The molecule has 0 aliphatic carbocycles. The van der Waals surface area contributed by atoms with Gasteiger partial charge in [0, 0.05) is 12.1 Å². The first-order chi connectivity index (χ1) is 7.58. The van der Waals surface area contributed by atoms with Gasteiger partial charge in [0.25, 0.3) is 5.56 Å². The summed E-state index contributed by atoms with van der Waals surface area (Å²) < 4.78 is 1.53. The molecule has 1 aromatic heterocycles. The van der Waals surface area contributed by atoms with Crippen molar-refractivity contribution in [3.8, 4) is 0 Å². The van der Waals surface area contributed by atoms with Crippen LogP contribution in [-0.4, -0.2) is 22.9 Å². The molecule has 1 rings (SSSR count). The Labute approximate surface area is 96.7 Å². The molecule has 0 amide bonds. The number of likely N-dealkylation sites (N-methyl/N-ethyl adjacent to an activating group) is 1. The molecule has 0 aliphatic heterocycles. The Balaban J connectivity index is 2.82. The van der Waals surface area contributed by atoms with Gasteiger partial charge < -0.3 is 5.32 Å². The van der Waals surface area contributed by atoms with Crippen LogP contribution < -0.4 is 10.9 Å². The summed E-state index contributed by atoms with van der Waals surface area (Å²) in [6.07, 6.45) is 2.82. The van der Waals surface area contributed by atoms with Crippen LogP contribution >= 0.6 is 0 Å². The Morgan fingerprint density at radius 1 is 1.56 bits per heavy atom. The number of aromatic nitrogens is 2. The molecule has 2 atom stereocenters. The van der Waals surface area contributed by atoms with Crippen LogP contribution in [0.2, 0.25) is 0 Å². The van der Waals surface area contributed by atoms with E-state index in [-0.39, 0.29) is 11.6 Å². The van der Waals surface area contributed by atoms with E-state index in [1.54, 1.807) is 12.3 Å². The zero-order valence-corrected chi connectivity index (χ0v) is 10.5. The van der Waals surface area contributed by atoms with Gasteiger partial charge in [0.1, 0.15) is 0 Å². The van der Waals surface area contributed by atoms with Gasteiger partial charge in [-0.2, -0.15) is 5.10 Å². The summed E-state index contributed by atoms with van der Waals surface area (Å²) >= 11 is 0. The SMILES string of the molecule is CCC(C)C(Cn1ncc(C)cc1=O)NC. The third kappa shape index (κ3) is 3.17. The Bertz CT molecular complexity index is 386. The Hall–Kier alpha value is -1.16. The summed E-state index contributed by atoms with van der Waals surface area (Å²) in [6.45, 7) is 6.84. The molecule has 90 valence electrons. The lowest BCUT2D eigenvalue weighted by Crippen LogP contribution is -2.39. The molecular formula is C12H21N3O. The second kappa shape index (κ2) is 5.80. The minimum absolute atomic E-state index is 0.0245. The van der Waals surface area contributed by atoms with Crippen molar-refractivity contribution in [3.05, 3.63) is 28.2 Å². The largest absolute Gasteiger partial charge is 0.315 e. The molecule has 0 bridgehead atoms. The number of nitrogens with zero attached hydrogens (tertiary/aromatic N) is 2. The van der Waals surface area contributed by atoms with Gasteiger partial charge in [-0.3, -0.25) is 4.79 Å². The van der Waals surface area contributed by atoms with Crippen LogP contribution in [0.5, 0.6) is 0 Å². The molecule has 16 heavy (non-hydrogen) atoms. The highest BCUT2D eigenvalue weighted by Gasteiger charge is 2.15. The quantitative estimate of drug-likeness (QED) is 0.815. The van der Waals surface area contributed by atoms with Crippen molar-refractivity contribution < 1.29 is 0 Å². The van der Waals surface area contributed by atoms with Gasteiger partial charge in [0.15, 0.2) is 0 Å². The molecule has 0 fully saturated rings. The van der Waals surface area contributed by atoms with E-state index in [1.807, 2.05) is 14.0 Å². The number of rotatable bonds is 5. The molecule has 0 aliphatic rings. The summed E-state index contributed by atoms with van der Waals surface area (Å²) in [6, 6.07) is 1.91. The standard InChI is InChI=1S/C12H21N3O/c1-5-10(3)11(13-4)8-15-12(16)6-9(2)7-14-15/h6-7,10-11,13H,5,8H2,1-4H3. The zero-order valence-electron chi connectivity index (χ0n) is 10.5.